The molecule has 1 aliphatic rings. The first kappa shape index (κ1) is 14.9. The molecular formula is C17H25NO2. The zero-order valence-corrected chi connectivity index (χ0v) is 12.7. The van der Waals surface area contributed by atoms with E-state index in [0.717, 1.165) is 18.5 Å². The molecule has 0 bridgehead atoms. The van der Waals surface area contributed by atoms with Crippen LogP contribution in [0.2, 0.25) is 0 Å². The van der Waals surface area contributed by atoms with Gasteiger partial charge in [-0.2, -0.15) is 0 Å². The van der Waals surface area contributed by atoms with E-state index in [2.05, 4.69) is 19.2 Å². The van der Waals surface area contributed by atoms with Gasteiger partial charge in [0.1, 0.15) is 0 Å². The third-order valence-corrected chi connectivity index (χ3v) is 4.12. The highest BCUT2D eigenvalue weighted by atomic mass is 16.5. The lowest BCUT2D eigenvalue weighted by molar-refractivity contribution is 0.0527. The van der Waals surface area contributed by atoms with Gasteiger partial charge in [-0.25, -0.2) is 4.79 Å². The summed E-state index contributed by atoms with van der Waals surface area (Å²) < 4.78 is 5.11. The van der Waals surface area contributed by atoms with Gasteiger partial charge in [0.05, 0.1) is 12.2 Å². The first-order valence-corrected chi connectivity index (χ1v) is 7.54. The fourth-order valence-electron chi connectivity index (χ4n) is 2.76. The molecular weight excluding hydrogens is 250 g/mol. The first-order valence-electron chi connectivity index (χ1n) is 7.54. The molecule has 1 aromatic carbocycles. The van der Waals surface area contributed by atoms with Gasteiger partial charge in [-0.05, 0) is 50.2 Å². The Balaban J connectivity index is 2.04. The number of carbonyl (C=O) groups excluding carboxylic acids is 1. The lowest BCUT2D eigenvalue weighted by Crippen LogP contribution is -2.30. The summed E-state index contributed by atoms with van der Waals surface area (Å²) in [6, 6.07) is 8.08. The van der Waals surface area contributed by atoms with Crippen molar-refractivity contribution in [1.82, 2.24) is 0 Å². The van der Waals surface area contributed by atoms with Gasteiger partial charge >= 0.3 is 5.97 Å². The summed E-state index contributed by atoms with van der Waals surface area (Å²) in [6.45, 7) is 6.90. The number of rotatable bonds is 4. The van der Waals surface area contributed by atoms with Gasteiger partial charge in [0, 0.05) is 11.7 Å². The van der Waals surface area contributed by atoms with Crippen LogP contribution in [0.25, 0.3) is 0 Å². The number of carbonyl (C=O) groups is 1. The minimum absolute atomic E-state index is 0.244. The van der Waals surface area contributed by atoms with Crippen molar-refractivity contribution in [2.24, 2.45) is 5.41 Å². The lowest BCUT2D eigenvalue weighted by Gasteiger charge is -2.35. The lowest BCUT2D eigenvalue weighted by atomic mass is 9.75. The Morgan fingerprint density at radius 2 is 1.95 bits per heavy atom. The summed E-state index contributed by atoms with van der Waals surface area (Å²) in [5.74, 6) is -0.244. The molecule has 3 nitrogen and oxygen atoms in total. The summed E-state index contributed by atoms with van der Waals surface area (Å²) in [6.07, 6.45) is 4.77. The van der Waals surface area contributed by atoms with E-state index in [4.69, 9.17) is 4.74 Å². The Kier molecular flexibility index (Phi) is 4.69. The Bertz CT molecular complexity index is 458. The third kappa shape index (κ3) is 3.75. The highest BCUT2D eigenvalue weighted by molar-refractivity contribution is 5.95. The van der Waals surface area contributed by atoms with Crippen molar-refractivity contribution in [3.05, 3.63) is 29.8 Å². The molecule has 3 heteroatoms. The largest absolute Gasteiger partial charge is 0.462 e. The summed E-state index contributed by atoms with van der Waals surface area (Å²) in [7, 11) is 0. The molecule has 0 spiro atoms. The summed E-state index contributed by atoms with van der Waals surface area (Å²) in [5, 5.41) is 3.53. The van der Waals surface area contributed by atoms with Crippen LogP contribution in [0.4, 0.5) is 5.69 Å². The van der Waals surface area contributed by atoms with Crippen molar-refractivity contribution in [3.63, 3.8) is 0 Å². The topological polar surface area (TPSA) is 38.3 Å². The molecule has 0 aliphatic heterocycles. The fraction of sp³-hybridized carbons (Fsp3) is 0.588. The Morgan fingerprint density at radius 3 is 2.60 bits per heavy atom. The maximum atomic E-state index is 11.9. The molecule has 1 fully saturated rings. The van der Waals surface area contributed by atoms with E-state index >= 15 is 0 Å². The van der Waals surface area contributed by atoms with Crippen molar-refractivity contribution in [2.45, 2.75) is 52.5 Å². The van der Waals surface area contributed by atoms with Gasteiger partial charge in [-0.15, -0.1) is 0 Å². The number of esters is 1. The van der Waals surface area contributed by atoms with Gasteiger partial charge in [0.25, 0.3) is 0 Å². The maximum absolute atomic E-state index is 11.9. The van der Waals surface area contributed by atoms with Crippen molar-refractivity contribution in [2.75, 3.05) is 11.9 Å². The van der Waals surface area contributed by atoms with Crippen molar-refractivity contribution in [3.8, 4) is 0 Å². The average molecular weight is 275 g/mol. The van der Waals surface area contributed by atoms with Crippen LogP contribution in [0.3, 0.4) is 0 Å². The molecule has 0 heterocycles. The summed E-state index contributed by atoms with van der Waals surface area (Å²) >= 11 is 0. The molecule has 0 saturated heterocycles. The van der Waals surface area contributed by atoms with E-state index in [0.29, 0.717) is 23.6 Å². The first-order chi connectivity index (χ1) is 9.52. The predicted octanol–water partition coefficient (Wildman–Crippen LogP) is 4.24. The molecule has 0 amide bonds. The monoisotopic (exact) mass is 275 g/mol. The SMILES string of the molecule is CCOC(=O)c1ccccc1NC1CCC(C)(C)CC1. The van der Waals surface area contributed by atoms with Gasteiger partial charge < -0.3 is 10.1 Å². The zero-order valence-electron chi connectivity index (χ0n) is 12.7. The molecule has 0 radical (unpaired) electrons. The molecule has 1 N–H and O–H groups in total. The van der Waals surface area contributed by atoms with E-state index in [1.54, 1.807) is 0 Å². The highest BCUT2D eigenvalue weighted by Crippen LogP contribution is 2.36. The summed E-state index contributed by atoms with van der Waals surface area (Å²) in [5.41, 5.74) is 1.99. The number of nitrogens with one attached hydrogen (secondary N) is 1. The van der Waals surface area contributed by atoms with Crippen molar-refractivity contribution in [1.29, 1.82) is 0 Å². The number of anilines is 1. The maximum Gasteiger partial charge on any atom is 0.340 e. The molecule has 0 aromatic heterocycles. The number of hydrogen-bond donors (Lipinski definition) is 1. The second kappa shape index (κ2) is 6.29. The normalized spacial score (nSPS) is 18.6. The van der Waals surface area contributed by atoms with E-state index in [1.807, 2.05) is 31.2 Å². The van der Waals surface area contributed by atoms with Crippen LogP contribution < -0.4 is 5.32 Å². The van der Waals surface area contributed by atoms with Gasteiger partial charge in [0.2, 0.25) is 0 Å². The molecule has 0 unspecified atom stereocenters. The van der Waals surface area contributed by atoms with Crippen molar-refractivity contribution >= 4 is 11.7 Å². The Morgan fingerprint density at radius 1 is 1.30 bits per heavy atom. The molecule has 0 atom stereocenters. The van der Waals surface area contributed by atoms with Crippen LogP contribution in [0, 0.1) is 5.41 Å². The van der Waals surface area contributed by atoms with Crippen LogP contribution in [-0.2, 0) is 4.74 Å². The smallest absolute Gasteiger partial charge is 0.340 e. The van der Waals surface area contributed by atoms with Crippen LogP contribution in [0.1, 0.15) is 56.8 Å². The molecule has 1 aromatic rings. The van der Waals surface area contributed by atoms with Gasteiger partial charge in [0.15, 0.2) is 0 Å². The Labute approximate surface area is 121 Å². The highest BCUT2D eigenvalue weighted by Gasteiger charge is 2.27. The van der Waals surface area contributed by atoms with Gasteiger partial charge in [-0.3, -0.25) is 0 Å². The number of para-hydroxylation sites is 1. The zero-order chi connectivity index (χ0) is 14.6. The van der Waals surface area contributed by atoms with Crippen LogP contribution >= 0.6 is 0 Å². The minimum atomic E-state index is -0.244. The average Bonchev–Trinajstić information content (AvgIpc) is 2.42. The van der Waals surface area contributed by atoms with Crippen LogP contribution in [-0.4, -0.2) is 18.6 Å². The fourth-order valence-corrected chi connectivity index (χ4v) is 2.76. The molecule has 1 aliphatic carbocycles. The third-order valence-electron chi connectivity index (χ3n) is 4.12. The number of benzene rings is 1. The van der Waals surface area contributed by atoms with Crippen LogP contribution in [0.5, 0.6) is 0 Å². The number of ether oxygens (including phenoxy) is 1. The standard InChI is InChI=1S/C17H25NO2/c1-4-20-16(19)14-7-5-6-8-15(14)18-13-9-11-17(2,3)12-10-13/h5-8,13,18H,4,9-12H2,1-3H3. The minimum Gasteiger partial charge on any atom is -0.462 e. The van der Waals surface area contributed by atoms with Gasteiger partial charge in [-0.1, -0.05) is 26.0 Å². The molecule has 20 heavy (non-hydrogen) atoms. The van der Waals surface area contributed by atoms with E-state index in [1.165, 1.54) is 12.8 Å². The van der Waals surface area contributed by atoms with Crippen LogP contribution in [0.15, 0.2) is 24.3 Å². The molecule has 1 saturated carbocycles. The van der Waals surface area contributed by atoms with E-state index in [9.17, 15) is 4.79 Å². The Hall–Kier alpha value is -1.51. The van der Waals surface area contributed by atoms with E-state index in [-0.39, 0.29) is 5.97 Å². The molecule has 2 rings (SSSR count). The van der Waals surface area contributed by atoms with Crippen molar-refractivity contribution < 1.29 is 9.53 Å². The summed E-state index contributed by atoms with van der Waals surface area (Å²) in [4.78, 5) is 11.9. The second-order valence-corrected chi connectivity index (χ2v) is 6.35. The number of hydrogen-bond acceptors (Lipinski definition) is 3. The van der Waals surface area contributed by atoms with E-state index < -0.39 is 0 Å². The second-order valence-electron chi connectivity index (χ2n) is 6.35. The quantitative estimate of drug-likeness (QED) is 0.835. The predicted molar refractivity (Wildman–Crippen MR) is 82.1 cm³/mol. The molecule has 110 valence electrons.